The molecule has 1 heterocycles. The Bertz CT molecular complexity index is 903. The zero-order chi connectivity index (χ0) is 15.6. The third-order valence-electron chi connectivity index (χ3n) is 3.33. The fraction of sp³-hybridized carbons (Fsp3) is 0.118. The third-order valence-corrected chi connectivity index (χ3v) is 4.99. The first-order valence-corrected chi connectivity index (χ1v) is 8.42. The molecule has 0 aliphatic rings. The molecule has 3 aromatic rings. The Morgan fingerprint density at radius 1 is 1.00 bits per heavy atom. The summed E-state index contributed by atoms with van der Waals surface area (Å²) < 4.78 is 30.6. The molecule has 22 heavy (non-hydrogen) atoms. The number of rotatable bonds is 4. The van der Waals surface area contributed by atoms with Crippen molar-refractivity contribution in [3.05, 3.63) is 60.8 Å². The van der Waals surface area contributed by atoms with Gasteiger partial charge in [-0.15, -0.1) is 0 Å². The van der Waals surface area contributed by atoms with Crippen LogP contribution in [-0.2, 0) is 9.84 Å². The highest BCUT2D eigenvalue weighted by Crippen LogP contribution is 2.24. The quantitative estimate of drug-likeness (QED) is 0.740. The Kier molecular flexibility index (Phi) is 3.81. The van der Waals surface area contributed by atoms with E-state index in [-0.39, 0.29) is 9.92 Å². The summed E-state index contributed by atoms with van der Waals surface area (Å²) in [5, 5.41) is 1.81. The highest BCUT2D eigenvalue weighted by molar-refractivity contribution is 7.91. The Balaban J connectivity index is 2.03. The molecule has 4 nitrogen and oxygen atoms in total. The normalized spacial score (nSPS) is 11.5. The van der Waals surface area contributed by atoms with Gasteiger partial charge in [0.1, 0.15) is 5.75 Å². The minimum atomic E-state index is -3.63. The van der Waals surface area contributed by atoms with Crippen LogP contribution in [0.1, 0.15) is 6.92 Å². The van der Waals surface area contributed by atoms with E-state index >= 15 is 0 Å². The number of hydrogen-bond acceptors (Lipinski definition) is 4. The minimum absolute atomic E-state index is 0.0513. The zero-order valence-electron chi connectivity index (χ0n) is 12.1. The lowest BCUT2D eigenvalue weighted by Gasteiger charge is -2.07. The van der Waals surface area contributed by atoms with Gasteiger partial charge in [-0.3, -0.25) is 0 Å². The number of ether oxygens (including phenoxy) is 1. The topological polar surface area (TPSA) is 56.3 Å². The van der Waals surface area contributed by atoms with E-state index in [1.54, 1.807) is 24.4 Å². The maximum Gasteiger partial charge on any atom is 0.223 e. The molecule has 0 atom stereocenters. The number of aromatic nitrogens is 1. The number of hydrogen-bond donors (Lipinski definition) is 0. The lowest BCUT2D eigenvalue weighted by Crippen LogP contribution is -2.04. The average molecular weight is 313 g/mol. The number of sulfone groups is 1. The van der Waals surface area contributed by atoms with Gasteiger partial charge in [0.05, 0.1) is 11.5 Å². The van der Waals surface area contributed by atoms with Crippen molar-refractivity contribution >= 4 is 20.6 Å². The molecule has 0 spiro atoms. The van der Waals surface area contributed by atoms with Gasteiger partial charge in [0, 0.05) is 11.6 Å². The maximum absolute atomic E-state index is 12.6. The van der Waals surface area contributed by atoms with Crippen molar-refractivity contribution in [3.63, 3.8) is 0 Å². The molecule has 0 unspecified atom stereocenters. The summed E-state index contributed by atoms with van der Waals surface area (Å²) in [6.45, 7) is 2.42. The molecule has 1 aromatic heterocycles. The molecule has 0 amide bonds. The van der Waals surface area contributed by atoms with Crippen LogP contribution in [0.4, 0.5) is 0 Å². The average Bonchev–Trinajstić information content (AvgIpc) is 2.55. The molecule has 0 bridgehead atoms. The maximum atomic E-state index is 12.6. The second-order valence-electron chi connectivity index (χ2n) is 4.78. The first-order chi connectivity index (χ1) is 10.6. The monoisotopic (exact) mass is 313 g/mol. The molecular formula is C17H15NO3S. The minimum Gasteiger partial charge on any atom is -0.494 e. The number of fused-ring (bicyclic) bond motifs is 1. The van der Waals surface area contributed by atoms with Gasteiger partial charge >= 0.3 is 0 Å². The molecule has 112 valence electrons. The van der Waals surface area contributed by atoms with E-state index in [0.29, 0.717) is 12.4 Å². The number of benzene rings is 2. The van der Waals surface area contributed by atoms with E-state index < -0.39 is 9.84 Å². The second-order valence-corrected chi connectivity index (χ2v) is 6.67. The molecule has 3 rings (SSSR count). The van der Waals surface area contributed by atoms with Crippen LogP contribution in [0, 0.1) is 0 Å². The zero-order valence-corrected chi connectivity index (χ0v) is 12.9. The Hall–Kier alpha value is -2.40. The van der Waals surface area contributed by atoms with Gasteiger partial charge in [0.25, 0.3) is 0 Å². The van der Waals surface area contributed by atoms with Crippen molar-refractivity contribution in [3.8, 4) is 5.75 Å². The lowest BCUT2D eigenvalue weighted by molar-refractivity contribution is 0.340. The van der Waals surface area contributed by atoms with Crippen LogP contribution in [0.15, 0.2) is 70.7 Å². The summed E-state index contributed by atoms with van der Waals surface area (Å²) in [5.41, 5.74) is 0. The smallest absolute Gasteiger partial charge is 0.223 e. The van der Waals surface area contributed by atoms with E-state index in [1.165, 1.54) is 12.1 Å². The van der Waals surface area contributed by atoms with E-state index in [4.69, 9.17) is 4.74 Å². The van der Waals surface area contributed by atoms with Gasteiger partial charge in [0.2, 0.25) is 9.84 Å². The van der Waals surface area contributed by atoms with Gasteiger partial charge < -0.3 is 4.74 Å². The van der Waals surface area contributed by atoms with Crippen LogP contribution in [0.5, 0.6) is 5.75 Å². The van der Waals surface area contributed by atoms with Gasteiger partial charge in [-0.05, 0) is 42.6 Å². The summed E-state index contributed by atoms with van der Waals surface area (Å²) >= 11 is 0. The largest absolute Gasteiger partial charge is 0.494 e. The molecule has 0 saturated heterocycles. The van der Waals surface area contributed by atoms with Crippen molar-refractivity contribution in [1.29, 1.82) is 0 Å². The predicted molar refractivity (Wildman–Crippen MR) is 84.8 cm³/mol. The fourth-order valence-corrected chi connectivity index (χ4v) is 3.42. The summed E-state index contributed by atoms with van der Waals surface area (Å²) in [5.74, 6) is 0.646. The molecule has 2 aromatic carbocycles. The van der Waals surface area contributed by atoms with E-state index in [1.807, 2.05) is 31.2 Å². The number of pyridine rings is 1. The second kappa shape index (κ2) is 5.77. The Morgan fingerprint density at radius 3 is 2.36 bits per heavy atom. The SMILES string of the molecule is CCOc1ccc(S(=O)(=O)c2cc3ccccc3cn2)cc1. The molecule has 0 aliphatic carbocycles. The molecular weight excluding hydrogens is 298 g/mol. The van der Waals surface area contributed by atoms with Gasteiger partial charge in [0.15, 0.2) is 5.03 Å². The Labute approximate surface area is 129 Å². The standard InChI is InChI=1S/C17H15NO3S/c1-2-21-15-7-9-16(10-8-15)22(19,20)17-11-13-5-3-4-6-14(13)12-18-17/h3-12H,2H2,1H3. The summed E-state index contributed by atoms with van der Waals surface area (Å²) in [6, 6.07) is 15.5. The van der Waals surface area contributed by atoms with Crippen molar-refractivity contribution in [1.82, 2.24) is 4.98 Å². The summed E-state index contributed by atoms with van der Waals surface area (Å²) in [4.78, 5) is 4.30. The van der Waals surface area contributed by atoms with Crippen molar-refractivity contribution in [2.24, 2.45) is 0 Å². The van der Waals surface area contributed by atoms with Crippen molar-refractivity contribution in [2.75, 3.05) is 6.61 Å². The summed E-state index contributed by atoms with van der Waals surface area (Å²) in [7, 11) is -3.63. The molecule has 5 heteroatoms. The molecule has 0 aliphatic heterocycles. The molecule has 0 fully saturated rings. The molecule has 0 saturated carbocycles. The van der Waals surface area contributed by atoms with Crippen molar-refractivity contribution in [2.45, 2.75) is 16.8 Å². The van der Waals surface area contributed by atoms with Crippen LogP contribution in [0.3, 0.4) is 0 Å². The van der Waals surface area contributed by atoms with Crippen LogP contribution in [-0.4, -0.2) is 20.0 Å². The van der Waals surface area contributed by atoms with Gasteiger partial charge in [-0.2, -0.15) is 0 Å². The first-order valence-electron chi connectivity index (χ1n) is 6.94. The third kappa shape index (κ3) is 2.67. The van der Waals surface area contributed by atoms with Gasteiger partial charge in [-0.1, -0.05) is 24.3 Å². The van der Waals surface area contributed by atoms with Crippen molar-refractivity contribution < 1.29 is 13.2 Å². The van der Waals surface area contributed by atoms with E-state index in [9.17, 15) is 8.42 Å². The highest BCUT2D eigenvalue weighted by Gasteiger charge is 2.19. The van der Waals surface area contributed by atoms with E-state index in [0.717, 1.165) is 10.8 Å². The first kappa shape index (κ1) is 14.5. The highest BCUT2D eigenvalue weighted by atomic mass is 32.2. The molecule has 0 N–H and O–H groups in total. The van der Waals surface area contributed by atoms with Crippen LogP contribution in [0.25, 0.3) is 10.8 Å². The Morgan fingerprint density at radius 2 is 1.68 bits per heavy atom. The molecule has 0 radical (unpaired) electrons. The predicted octanol–water partition coefficient (Wildman–Crippen LogP) is 3.47. The van der Waals surface area contributed by atoms with E-state index in [2.05, 4.69) is 4.98 Å². The lowest BCUT2D eigenvalue weighted by atomic mass is 10.2. The fourth-order valence-electron chi connectivity index (χ4n) is 2.21. The van der Waals surface area contributed by atoms with Crippen LogP contribution >= 0.6 is 0 Å². The van der Waals surface area contributed by atoms with Crippen LogP contribution in [0.2, 0.25) is 0 Å². The number of nitrogens with zero attached hydrogens (tertiary/aromatic N) is 1. The van der Waals surface area contributed by atoms with Crippen LogP contribution < -0.4 is 4.74 Å². The summed E-state index contributed by atoms with van der Waals surface area (Å²) in [6.07, 6.45) is 1.58. The van der Waals surface area contributed by atoms with Gasteiger partial charge in [-0.25, -0.2) is 13.4 Å².